The molecule has 1 heterocycles. The smallest absolute Gasteiger partial charge is 0.278 e. The molecule has 0 saturated heterocycles. The number of oxazole rings is 1. The lowest BCUT2D eigenvalue weighted by molar-refractivity contribution is 0.102. The predicted molar refractivity (Wildman–Crippen MR) is 152 cm³/mol. The van der Waals surface area contributed by atoms with Gasteiger partial charge in [-0.1, -0.05) is 69.3 Å². The molecule has 1 aromatic heterocycles. The van der Waals surface area contributed by atoms with Gasteiger partial charge in [0.2, 0.25) is 5.89 Å². The maximum Gasteiger partial charge on any atom is 0.278 e. The molecule has 0 unspecified atom stereocenters. The number of nitrogens with zero attached hydrogens (tertiary/aromatic N) is 2. The minimum absolute atomic E-state index is 0.0397. The number of nitrogens with one attached hydrogen (secondary N) is 1. The van der Waals surface area contributed by atoms with Crippen molar-refractivity contribution in [1.29, 1.82) is 0 Å². The Labute approximate surface area is 217 Å². The van der Waals surface area contributed by atoms with Gasteiger partial charge in [0.25, 0.3) is 5.91 Å². The van der Waals surface area contributed by atoms with Crippen molar-refractivity contribution in [3.63, 3.8) is 0 Å². The van der Waals surface area contributed by atoms with Crippen LogP contribution in [0.1, 0.15) is 36.8 Å². The molecular weight excluding hydrogens is 458 g/mol. The first-order valence-corrected chi connectivity index (χ1v) is 12.4. The molecule has 1 amide bonds. The summed E-state index contributed by atoms with van der Waals surface area (Å²) in [5.74, 6) is 0.539. The largest absolute Gasteiger partial charge is 0.435 e. The molecule has 186 valence electrons. The fourth-order valence-corrected chi connectivity index (χ4v) is 4.33. The van der Waals surface area contributed by atoms with Crippen molar-refractivity contribution < 1.29 is 9.21 Å². The maximum atomic E-state index is 13.6. The van der Waals surface area contributed by atoms with Crippen molar-refractivity contribution in [2.75, 3.05) is 24.3 Å². The van der Waals surface area contributed by atoms with Gasteiger partial charge < -0.3 is 14.6 Å². The average molecular weight is 490 g/mol. The topological polar surface area (TPSA) is 58.4 Å². The molecule has 0 atom stereocenters. The van der Waals surface area contributed by atoms with Gasteiger partial charge in [-0.05, 0) is 58.8 Å². The highest BCUT2D eigenvalue weighted by Gasteiger charge is 2.23. The molecule has 0 radical (unpaired) electrons. The first kappa shape index (κ1) is 24.3. The molecule has 0 aliphatic rings. The van der Waals surface area contributed by atoms with E-state index in [-0.39, 0.29) is 17.0 Å². The Kier molecular flexibility index (Phi) is 6.30. The van der Waals surface area contributed by atoms with Gasteiger partial charge in [0.05, 0.1) is 0 Å². The van der Waals surface area contributed by atoms with Gasteiger partial charge in [0.15, 0.2) is 11.5 Å². The molecule has 0 bridgehead atoms. The van der Waals surface area contributed by atoms with Crippen LogP contribution in [0.4, 0.5) is 11.4 Å². The van der Waals surface area contributed by atoms with Gasteiger partial charge in [0.1, 0.15) is 0 Å². The maximum absolute atomic E-state index is 13.6. The van der Waals surface area contributed by atoms with Crippen LogP contribution in [-0.2, 0) is 5.41 Å². The molecule has 5 rings (SSSR count). The second kappa shape index (κ2) is 9.58. The Morgan fingerprint density at radius 1 is 0.811 bits per heavy atom. The number of carbonyl (C=O) groups excluding carboxylic acids is 1. The SMILES string of the molecule is CN(C)c1ccc(-c2oc(-c3ccc(C(C)(C)C)cc3)nc2C(=O)Nc2cccc3ccccc23)cc1. The van der Waals surface area contributed by atoms with Gasteiger partial charge in [-0.3, -0.25) is 4.79 Å². The summed E-state index contributed by atoms with van der Waals surface area (Å²) in [6.07, 6.45) is 0. The van der Waals surface area contributed by atoms with Crippen LogP contribution in [0.25, 0.3) is 33.6 Å². The second-order valence-electron chi connectivity index (χ2n) is 10.4. The number of hydrogen-bond donors (Lipinski definition) is 1. The summed E-state index contributed by atoms with van der Waals surface area (Å²) in [7, 11) is 3.98. The average Bonchev–Trinajstić information content (AvgIpc) is 3.34. The number of anilines is 2. The van der Waals surface area contributed by atoms with E-state index in [2.05, 4.69) is 38.2 Å². The minimum Gasteiger partial charge on any atom is -0.435 e. The Hall–Kier alpha value is -4.38. The molecule has 0 fully saturated rings. The number of fused-ring (bicyclic) bond motifs is 1. The van der Waals surface area contributed by atoms with Crippen molar-refractivity contribution in [2.24, 2.45) is 0 Å². The summed E-state index contributed by atoms with van der Waals surface area (Å²) in [5.41, 5.74) is 4.91. The molecule has 0 aliphatic carbocycles. The third-order valence-corrected chi connectivity index (χ3v) is 6.52. The summed E-state index contributed by atoms with van der Waals surface area (Å²) in [6.45, 7) is 6.54. The van der Waals surface area contributed by atoms with Gasteiger partial charge in [0, 0.05) is 42.0 Å². The van der Waals surface area contributed by atoms with Crippen molar-refractivity contribution in [3.05, 3.63) is 102 Å². The highest BCUT2D eigenvalue weighted by molar-refractivity contribution is 6.10. The van der Waals surface area contributed by atoms with Crippen LogP contribution in [0.2, 0.25) is 0 Å². The van der Waals surface area contributed by atoms with E-state index in [1.54, 1.807) is 0 Å². The number of aromatic nitrogens is 1. The van der Waals surface area contributed by atoms with E-state index in [1.165, 1.54) is 5.56 Å². The zero-order chi connectivity index (χ0) is 26.2. The van der Waals surface area contributed by atoms with E-state index < -0.39 is 0 Å². The fourth-order valence-electron chi connectivity index (χ4n) is 4.33. The fraction of sp³-hybridized carbons (Fsp3) is 0.188. The molecule has 5 nitrogen and oxygen atoms in total. The van der Waals surface area contributed by atoms with Crippen molar-refractivity contribution in [1.82, 2.24) is 4.98 Å². The number of benzene rings is 4. The lowest BCUT2D eigenvalue weighted by atomic mass is 9.87. The van der Waals surface area contributed by atoms with Crippen LogP contribution in [0, 0.1) is 0 Å². The summed E-state index contributed by atoms with van der Waals surface area (Å²) in [4.78, 5) is 20.3. The Bertz CT molecular complexity index is 1550. The third-order valence-electron chi connectivity index (χ3n) is 6.52. The molecular formula is C32H31N3O2. The normalized spacial score (nSPS) is 11.5. The number of rotatable bonds is 5. The van der Waals surface area contributed by atoms with Gasteiger partial charge in [-0.25, -0.2) is 4.98 Å². The summed E-state index contributed by atoms with van der Waals surface area (Å²) < 4.78 is 6.27. The van der Waals surface area contributed by atoms with Crippen LogP contribution in [0.3, 0.4) is 0 Å². The summed E-state index contributed by atoms with van der Waals surface area (Å²) in [5, 5.41) is 5.09. The molecule has 0 spiro atoms. The molecule has 5 heteroatoms. The highest BCUT2D eigenvalue weighted by atomic mass is 16.4. The highest BCUT2D eigenvalue weighted by Crippen LogP contribution is 2.33. The lowest BCUT2D eigenvalue weighted by Crippen LogP contribution is -2.14. The quantitative estimate of drug-likeness (QED) is 0.274. The van der Waals surface area contributed by atoms with Crippen LogP contribution >= 0.6 is 0 Å². The van der Waals surface area contributed by atoms with Crippen LogP contribution < -0.4 is 10.2 Å². The van der Waals surface area contributed by atoms with Crippen LogP contribution in [-0.4, -0.2) is 25.0 Å². The minimum atomic E-state index is -0.315. The number of carbonyl (C=O) groups is 1. The van der Waals surface area contributed by atoms with Crippen molar-refractivity contribution in [2.45, 2.75) is 26.2 Å². The van der Waals surface area contributed by atoms with Crippen LogP contribution in [0.15, 0.2) is 95.4 Å². The number of amides is 1. The zero-order valence-electron chi connectivity index (χ0n) is 21.9. The van der Waals surface area contributed by atoms with Gasteiger partial charge in [-0.2, -0.15) is 0 Å². The standard InChI is InChI=1S/C32H31N3O2/c1-32(2,3)24-17-13-23(14-18-24)31-34-28(29(37-31)22-15-19-25(20-16-22)35(4)5)30(36)33-27-12-8-10-21-9-6-7-11-26(21)27/h6-20H,1-5H3,(H,33,36). The second-order valence-corrected chi connectivity index (χ2v) is 10.4. The first-order chi connectivity index (χ1) is 17.7. The lowest BCUT2D eigenvalue weighted by Gasteiger charge is -2.18. The Morgan fingerprint density at radius 3 is 2.14 bits per heavy atom. The molecule has 0 saturated carbocycles. The molecule has 4 aromatic carbocycles. The van der Waals surface area contributed by atoms with E-state index >= 15 is 0 Å². The Balaban J connectivity index is 1.56. The van der Waals surface area contributed by atoms with Crippen molar-refractivity contribution in [3.8, 4) is 22.8 Å². The van der Waals surface area contributed by atoms with Gasteiger partial charge >= 0.3 is 0 Å². The Morgan fingerprint density at radius 2 is 1.46 bits per heavy atom. The molecule has 1 N–H and O–H groups in total. The van der Waals surface area contributed by atoms with E-state index in [9.17, 15) is 4.79 Å². The zero-order valence-corrected chi connectivity index (χ0v) is 21.9. The van der Waals surface area contributed by atoms with E-state index in [1.807, 2.05) is 97.9 Å². The third kappa shape index (κ3) is 4.98. The van der Waals surface area contributed by atoms with Crippen LogP contribution in [0.5, 0.6) is 0 Å². The van der Waals surface area contributed by atoms with Crippen molar-refractivity contribution >= 4 is 28.1 Å². The van der Waals surface area contributed by atoms with Gasteiger partial charge in [-0.15, -0.1) is 0 Å². The molecule has 5 aromatic rings. The number of hydrogen-bond acceptors (Lipinski definition) is 4. The predicted octanol–water partition coefficient (Wildman–Crippen LogP) is 7.78. The monoisotopic (exact) mass is 489 g/mol. The summed E-state index contributed by atoms with van der Waals surface area (Å²) in [6, 6.07) is 29.9. The van der Waals surface area contributed by atoms with E-state index in [4.69, 9.17) is 9.40 Å². The van der Waals surface area contributed by atoms with E-state index in [0.29, 0.717) is 11.7 Å². The summed E-state index contributed by atoms with van der Waals surface area (Å²) >= 11 is 0. The molecule has 0 aliphatic heterocycles. The first-order valence-electron chi connectivity index (χ1n) is 12.4. The van der Waals surface area contributed by atoms with E-state index in [0.717, 1.165) is 33.3 Å². The molecule has 37 heavy (non-hydrogen) atoms.